The molecule has 0 saturated carbocycles. The molecule has 0 aliphatic heterocycles. The Kier molecular flexibility index (Phi) is 5.63. The van der Waals surface area contributed by atoms with Crippen LogP contribution in [0.15, 0.2) is 170 Å². The zero-order chi connectivity index (χ0) is 32.8. The molecule has 0 radical (unpaired) electrons. The third-order valence-corrected chi connectivity index (χ3v) is 10.2. The molecular weight excluding hydrogens is 609 g/mol. The average Bonchev–Trinajstić information content (AvgIpc) is 3.69. The van der Waals surface area contributed by atoms with E-state index in [1.807, 2.05) is 24.3 Å². The molecule has 4 nitrogen and oxygen atoms in total. The van der Waals surface area contributed by atoms with Gasteiger partial charge in [0.15, 0.2) is 5.82 Å². The molecule has 232 valence electrons. The number of rotatable bonds is 3. The van der Waals surface area contributed by atoms with Crippen molar-refractivity contribution in [3.05, 3.63) is 170 Å². The molecule has 11 aromatic rings. The number of fused-ring (bicyclic) bond motifs is 10. The maximum absolute atomic E-state index is 5.37. The largest absolute Gasteiger partial charge is 0.309 e. The van der Waals surface area contributed by atoms with Gasteiger partial charge in [-0.25, -0.2) is 9.97 Å². The third-order valence-electron chi connectivity index (χ3n) is 10.2. The summed E-state index contributed by atoms with van der Waals surface area (Å²) in [7, 11) is 0. The monoisotopic (exact) mass is 636 g/mol. The van der Waals surface area contributed by atoms with Gasteiger partial charge in [0, 0.05) is 38.2 Å². The van der Waals surface area contributed by atoms with Crippen molar-refractivity contribution in [3.8, 4) is 22.8 Å². The van der Waals surface area contributed by atoms with Gasteiger partial charge >= 0.3 is 0 Å². The average molecular weight is 637 g/mol. The lowest BCUT2D eigenvalue weighted by atomic mass is 10.0. The molecular formula is C46H28N4. The quantitative estimate of drug-likeness (QED) is 0.193. The van der Waals surface area contributed by atoms with E-state index in [0.717, 1.165) is 50.3 Å². The molecule has 8 aromatic carbocycles. The predicted octanol–water partition coefficient (Wildman–Crippen LogP) is 11.8. The number of aromatic nitrogens is 4. The highest BCUT2D eigenvalue weighted by atomic mass is 15.1. The molecule has 3 heterocycles. The van der Waals surface area contributed by atoms with Crippen LogP contribution in [-0.2, 0) is 0 Å². The van der Waals surface area contributed by atoms with E-state index in [0.29, 0.717) is 0 Å². The molecule has 0 atom stereocenters. The Hall–Kier alpha value is -6.78. The number of nitrogens with zero attached hydrogens (tertiary/aromatic N) is 4. The fraction of sp³-hybridized carbons (Fsp3) is 0. The molecule has 3 aromatic heterocycles. The van der Waals surface area contributed by atoms with Crippen LogP contribution in [0.1, 0.15) is 0 Å². The molecule has 0 bridgehead atoms. The van der Waals surface area contributed by atoms with E-state index in [4.69, 9.17) is 9.97 Å². The summed E-state index contributed by atoms with van der Waals surface area (Å²) in [6.45, 7) is 0. The molecule has 0 saturated heterocycles. The Morgan fingerprint density at radius 3 is 1.86 bits per heavy atom. The number of hydrogen-bond acceptors (Lipinski definition) is 2. The van der Waals surface area contributed by atoms with Crippen molar-refractivity contribution in [2.45, 2.75) is 0 Å². The molecule has 0 amide bonds. The van der Waals surface area contributed by atoms with E-state index in [-0.39, 0.29) is 0 Å². The summed E-state index contributed by atoms with van der Waals surface area (Å²) in [5, 5.41) is 9.74. The highest BCUT2D eigenvalue weighted by molar-refractivity contribution is 6.23. The molecule has 0 N–H and O–H groups in total. The first-order valence-corrected chi connectivity index (χ1v) is 17.0. The van der Waals surface area contributed by atoms with Crippen molar-refractivity contribution in [2.24, 2.45) is 0 Å². The zero-order valence-corrected chi connectivity index (χ0v) is 27.0. The highest BCUT2D eigenvalue weighted by Crippen LogP contribution is 2.42. The van der Waals surface area contributed by atoms with E-state index in [1.54, 1.807) is 0 Å². The van der Waals surface area contributed by atoms with Gasteiger partial charge in [0.25, 0.3) is 0 Å². The fourth-order valence-corrected chi connectivity index (χ4v) is 7.99. The van der Waals surface area contributed by atoms with Crippen LogP contribution in [-0.4, -0.2) is 19.1 Å². The SMILES string of the molecule is c1ccc(-c2nc3ccccc3nc2-n2c3ccccc3c3cc4c5ccc6ccccc6c5n(-c5ccc6ccccc6c5)c4cc32)cc1. The summed E-state index contributed by atoms with van der Waals surface area (Å²) in [5.41, 5.74) is 9.33. The molecule has 0 fully saturated rings. The normalized spacial score (nSPS) is 12.0. The predicted molar refractivity (Wildman–Crippen MR) is 209 cm³/mol. The summed E-state index contributed by atoms with van der Waals surface area (Å²) in [4.78, 5) is 10.6. The lowest BCUT2D eigenvalue weighted by Crippen LogP contribution is -2.03. The first kappa shape index (κ1) is 27.2. The Morgan fingerprint density at radius 2 is 1.00 bits per heavy atom. The molecule has 50 heavy (non-hydrogen) atoms. The lowest BCUT2D eigenvalue weighted by Gasteiger charge is -2.14. The van der Waals surface area contributed by atoms with Gasteiger partial charge in [-0.3, -0.25) is 4.57 Å². The van der Waals surface area contributed by atoms with Gasteiger partial charge in [-0.1, -0.05) is 127 Å². The van der Waals surface area contributed by atoms with E-state index < -0.39 is 0 Å². The van der Waals surface area contributed by atoms with E-state index in [1.165, 1.54) is 48.6 Å². The van der Waals surface area contributed by atoms with Gasteiger partial charge < -0.3 is 4.57 Å². The van der Waals surface area contributed by atoms with Crippen molar-refractivity contribution >= 4 is 76.2 Å². The van der Waals surface area contributed by atoms with Crippen LogP contribution in [0.4, 0.5) is 0 Å². The Bertz CT molecular complexity index is 3150. The van der Waals surface area contributed by atoms with Crippen molar-refractivity contribution in [3.63, 3.8) is 0 Å². The van der Waals surface area contributed by atoms with Crippen molar-refractivity contribution in [2.75, 3.05) is 0 Å². The van der Waals surface area contributed by atoms with Crippen LogP contribution < -0.4 is 0 Å². The van der Waals surface area contributed by atoms with Crippen LogP contribution in [0.5, 0.6) is 0 Å². The van der Waals surface area contributed by atoms with Crippen LogP contribution in [0.2, 0.25) is 0 Å². The fourth-order valence-electron chi connectivity index (χ4n) is 7.99. The third kappa shape index (κ3) is 3.87. The number of benzene rings is 8. The second-order valence-electron chi connectivity index (χ2n) is 13.0. The van der Waals surface area contributed by atoms with Crippen molar-refractivity contribution in [1.82, 2.24) is 19.1 Å². The first-order valence-electron chi connectivity index (χ1n) is 17.0. The Balaban J connectivity index is 1.33. The Labute approximate surface area is 287 Å². The second kappa shape index (κ2) is 10.4. The first-order chi connectivity index (χ1) is 24.8. The standard InChI is InChI=1S/C46H28N4/c1-2-14-31(15-3-1)44-46(48-40-20-10-9-19-39(40)47-44)50-41-21-11-8-18-35(41)37-27-38-36-25-23-30-13-6-7-17-34(30)45(36)49(42(38)28-43(37)50)33-24-22-29-12-4-5-16-32(29)26-33/h1-28H. The van der Waals surface area contributed by atoms with Gasteiger partial charge in [0.1, 0.15) is 5.69 Å². The Morgan fingerprint density at radius 1 is 0.360 bits per heavy atom. The topological polar surface area (TPSA) is 35.6 Å². The van der Waals surface area contributed by atoms with Gasteiger partial charge in [0.05, 0.1) is 33.1 Å². The van der Waals surface area contributed by atoms with Crippen LogP contribution in [0, 0.1) is 0 Å². The van der Waals surface area contributed by atoms with E-state index in [9.17, 15) is 0 Å². The smallest absolute Gasteiger partial charge is 0.165 e. The van der Waals surface area contributed by atoms with Crippen LogP contribution in [0.3, 0.4) is 0 Å². The molecule has 4 heteroatoms. The summed E-state index contributed by atoms with van der Waals surface area (Å²) in [6.07, 6.45) is 0. The second-order valence-corrected chi connectivity index (χ2v) is 13.0. The zero-order valence-electron chi connectivity index (χ0n) is 27.0. The van der Waals surface area contributed by atoms with Gasteiger partial charge in [-0.15, -0.1) is 0 Å². The molecule has 0 aliphatic rings. The summed E-state index contributed by atoms with van der Waals surface area (Å²) in [6, 6.07) is 60.7. The summed E-state index contributed by atoms with van der Waals surface area (Å²) in [5.74, 6) is 0.819. The number of hydrogen-bond donors (Lipinski definition) is 0. The van der Waals surface area contributed by atoms with Gasteiger partial charge in [-0.05, 0) is 58.6 Å². The van der Waals surface area contributed by atoms with Crippen molar-refractivity contribution < 1.29 is 0 Å². The minimum Gasteiger partial charge on any atom is -0.309 e. The van der Waals surface area contributed by atoms with Crippen LogP contribution in [0.25, 0.3) is 99.0 Å². The minimum atomic E-state index is 0.819. The van der Waals surface area contributed by atoms with Crippen molar-refractivity contribution in [1.29, 1.82) is 0 Å². The molecule has 11 rings (SSSR count). The van der Waals surface area contributed by atoms with E-state index >= 15 is 0 Å². The van der Waals surface area contributed by atoms with Gasteiger partial charge in [0.2, 0.25) is 0 Å². The molecule has 0 spiro atoms. The molecule has 0 aliphatic carbocycles. The number of para-hydroxylation sites is 3. The maximum atomic E-state index is 5.37. The minimum absolute atomic E-state index is 0.819. The van der Waals surface area contributed by atoms with Gasteiger partial charge in [-0.2, -0.15) is 0 Å². The van der Waals surface area contributed by atoms with E-state index in [2.05, 4.69) is 155 Å². The maximum Gasteiger partial charge on any atom is 0.165 e. The molecule has 0 unspecified atom stereocenters. The summed E-state index contributed by atoms with van der Waals surface area (Å²) < 4.78 is 4.79. The summed E-state index contributed by atoms with van der Waals surface area (Å²) >= 11 is 0. The van der Waals surface area contributed by atoms with Crippen LogP contribution >= 0.6 is 0 Å². The highest BCUT2D eigenvalue weighted by Gasteiger charge is 2.22. The lowest BCUT2D eigenvalue weighted by molar-refractivity contribution is 1.08.